The first kappa shape index (κ1) is 21.6. The van der Waals surface area contributed by atoms with Gasteiger partial charge in [-0.2, -0.15) is 0 Å². The van der Waals surface area contributed by atoms with Crippen molar-refractivity contribution in [3.8, 4) is 0 Å². The first-order chi connectivity index (χ1) is 13.9. The van der Waals surface area contributed by atoms with Crippen molar-refractivity contribution in [2.45, 2.75) is 97.0 Å². The minimum atomic E-state index is 0.293. The van der Waals surface area contributed by atoms with Gasteiger partial charge in [0.25, 0.3) is 0 Å². The molecule has 0 saturated heterocycles. The van der Waals surface area contributed by atoms with Crippen LogP contribution < -0.4 is 0 Å². The van der Waals surface area contributed by atoms with Gasteiger partial charge < -0.3 is 9.84 Å². The Balaban J connectivity index is 1.40. The normalized spacial score (nSPS) is 44.3. The Morgan fingerprint density at radius 3 is 2.55 bits per heavy atom. The molecule has 1 N–H and O–H groups in total. The van der Waals surface area contributed by atoms with Crippen molar-refractivity contribution in [3.63, 3.8) is 0 Å². The lowest BCUT2D eigenvalue weighted by atomic mass is 9.45. The number of Topliss-reactive ketones (excluding diaryl/α,β-unsaturated/α-hetero) is 1. The first-order valence-electron chi connectivity index (χ1n) is 12.3. The molecule has 0 heterocycles. The zero-order valence-corrected chi connectivity index (χ0v) is 18.8. The number of ketones is 1. The molecule has 4 aliphatic rings. The second kappa shape index (κ2) is 8.46. The van der Waals surface area contributed by atoms with Crippen LogP contribution in [-0.4, -0.2) is 30.2 Å². The quantitative estimate of drug-likeness (QED) is 0.439. The third-order valence-corrected chi connectivity index (χ3v) is 9.77. The van der Waals surface area contributed by atoms with Crippen molar-refractivity contribution < 1.29 is 14.6 Å². The monoisotopic (exact) mass is 402 g/mol. The van der Waals surface area contributed by atoms with Crippen molar-refractivity contribution >= 4 is 5.78 Å². The molecule has 0 radical (unpaired) electrons. The summed E-state index contributed by atoms with van der Waals surface area (Å²) in [5, 5.41) is 8.92. The third kappa shape index (κ3) is 3.76. The molecule has 0 spiro atoms. The van der Waals surface area contributed by atoms with Gasteiger partial charge >= 0.3 is 0 Å². The zero-order chi connectivity index (χ0) is 20.6. The molecular weight excluding hydrogens is 360 g/mol. The van der Waals surface area contributed by atoms with Gasteiger partial charge in [-0.05, 0) is 97.9 Å². The van der Waals surface area contributed by atoms with Crippen LogP contribution in [0.4, 0.5) is 0 Å². The van der Waals surface area contributed by atoms with Gasteiger partial charge in [0.15, 0.2) is 5.78 Å². The Bertz CT molecular complexity index is 627. The zero-order valence-electron chi connectivity index (χ0n) is 18.8. The van der Waals surface area contributed by atoms with Gasteiger partial charge in [0.2, 0.25) is 0 Å². The molecule has 164 valence electrons. The van der Waals surface area contributed by atoms with Gasteiger partial charge in [-0.3, -0.25) is 4.79 Å². The highest BCUT2D eigenvalue weighted by Gasteiger charge is 2.60. The topological polar surface area (TPSA) is 46.5 Å². The van der Waals surface area contributed by atoms with Crippen molar-refractivity contribution in [1.29, 1.82) is 0 Å². The smallest absolute Gasteiger partial charge is 0.158 e. The maximum atomic E-state index is 12.3. The van der Waals surface area contributed by atoms with Crippen LogP contribution in [0, 0.1) is 34.5 Å². The van der Waals surface area contributed by atoms with E-state index in [9.17, 15) is 4.79 Å². The van der Waals surface area contributed by atoms with E-state index in [2.05, 4.69) is 20.4 Å². The van der Waals surface area contributed by atoms with E-state index in [1.165, 1.54) is 44.9 Å². The highest BCUT2D eigenvalue weighted by molar-refractivity contribution is 5.96. The molecule has 4 rings (SSSR count). The molecule has 0 aromatic carbocycles. The van der Waals surface area contributed by atoms with E-state index < -0.39 is 0 Å². The van der Waals surface area contributed by atoms with Crippen molar-refractivity contribution in [3.05, 3.63) is 12.2 Å². The van der Waals surface area contributed by atoms with Crippen molar-refractivity contribution in [2.24, 2.45) is 34.5 Å². The average Bonchev–Trinajstić information content (AvgIpc) is 3.02. The van der Waals surface area contributed by atoms with Crippen LogP contribution in [0.1, 0.15) is 90.9 Å². The number of unbranched alkanes of at least 4 members (excludes halogenated alkanes) is 3. The van der Waals surface area contributed by atoms with Crippen LogP contribution in [0.25, 0.3) is 0 Å². The van der Waals surface area contributed by atoms with Crippen LogP contribution in [0.3, 0.4) is 0 Å². The molecule has 7 atom stereocenters. The van der Waals surface area contributed by atoms with Crippen molar-refractivity contribution in [2.75, 3.05) is 13.2 Å². The van der Waals surface area contributed by atoms with Gasteiger partial charge in [0.1, 0.15) is 0 Å². The summed E-state index contributed by atoms with van der Waals surface area (Å²) < 4.78 is 6.48. The number of fused-ring (bicyclic) bond motifs is 5. The number of allylic oxidation sites excluding steroid dienone is 1. The Labute approximate surface area is 177 Å². The number of hydrogen-bond donors (Lipinski definition) is 1. The van der Waals surface area contributed by atoms with Crippen LogP contribution in [0.2, 0.25) is 0 Å². The highest BCUT2D eigenvalue weighted by atomic mass is 16.5. The summed E-state index contributed by atoms with van der Waals surface area (Å²) in [6.45, 7) is 10.3. The molecule has 4 fully saturated rings. The molecule has 3 heteroatoms. The lowest BCUT2D eigenvalue weighted by Gasteiger charge is -2.60. The Kier molecular flexibility index (Phi) is 6.29. The predicted octanol–water partition coefficient (Wildman–Crippen LogP) is 5.70. The molecule has 0 aliphatic heterocycles. The van der Waals surface area contributed by atoms with Crippen LogP contribution in [-0.2, 0) is 9.53 Å². The van der Waals surface area contributed by atoms with E-state index in [0.29, 0.717) is 35.2 Å². The average molecular weight is 403 g/mol. The molecule has 0 unspecified atom stereocenters. The van der Waals surface area contributed by atoms with E-state index in [1.807, 2.05) is 0 Å². The maximum absolute atomic E-state index is 12.3. The van der Waals surface area contributed by atoms with Crippen molar-refractivity contribution in [1.82, 2.24) is 0 Å². The van der Waals surface area contributed by atoms with Gasteiger partial charge in [0.05, 0.1) is 6.10 Å². The van der Waals surface area contributed by atoms with E-state index in [4.69, 9.17) is 9.84 Å². The first-order valence-corrected chi connectivity index (χ1v) is 12.3. The molecular formula is C26H42O3. The summed E-state index contributed by atoms with van der Waals surface area (Å²) in [7, 11) is 0. The number of rotatable bonds is 7. The fourth-order valence-electron chi connectivity index (χ4n) is 8.09. The largest absolute Gasteiger partial charge is 0.396 e. The molecule has 29 heavy (non-hydrogen) atoms. The number of aliphatic hydroxyl groups is 1. The Morgan fingerprint density at radius 1 is 1.00 bits per heavy atom. The molecule has 0 bridgehead atoms. The lowest BCUT2D eigenvalue weighted by molar-refractivity contribution is -0.138. The van der Waals surface area contributed by atoms with E-state index in [-0.39, 0.29) is 0 Å². The Morgan fingerprint density at radius 2 is 1.76 bits per heavy atom. The van der Waals surface area contributed by atoms with Gasteiger partial charge in [-0.15, -0.1) is 0 Å². The minimum absolute atomic E-state index is 0.293. The van der Waals surface area contributed by atoms with Gasteiger partial charge in [0, 0.05) is 19.6 Å². The predicted molar refractivity (Wildman–Crippen MR) is 117 cm³/mol. The van der Waals surface area contributed by atoms with Gasteiger partial charge in [-0.25, -0.2) is 0 Å². The minimum Gasteiger partial charge on any atom is -0.396 e. The SMILES string of the molecule is C=C1C[C@@]2(C)[C@@H](CC[C@@H]3[C@@H]2CC[C@]2(C)[C@@H](OCCCCCCO)CC[C@@H]32)CC1=O. The number of hydrogen-bond acceptors (Lipinski definition) is 3. The summed E-state index contributed by atoms with van der Waals surface area (Å²) >= 11 is 0. The van der Waals surface area contributed by atoms with E-state index >= 15 is 0 Å². The summed E-state index contributed by atoms with van der Waals surface area (Å²) in [5.74, 6) is 3.29. The molecule has 0 amide bonds. The van der Waals surface area contributed by atoms with E-state index in [0.717, 1.165) is 62.0 Å². The summed E-state index contributed by atoms with van der Waals surface area (Å²) in [6.07, 6.45) is 14.2. The fraction of sp³-hybridized carbons (Fsp3) is 0.885. The Hall–Kier alpha value is -0.670. The molecule has 3 nitrogen and oxygen atoms in total. The number of carbonyl (C=O) groups is 1. The van der Waals surface area contributed by atoms with Crippen LogP contribution in [0.5, 0.6) is 0 Å². The van der Waals surface area contributed by atoms with Crippen LogP contribution >= 0.6 is 0 Å². The molecule has 0 aromatic rings. The fourth-order valence-corrected chi connectivity index (χ4v) is 8.09. The van der Waals surface area contributed by atoms with Gasteiger partial charge in [-0.1, -0.05) is 33.3 Å². The molecule has 0 aromatic heterocycles. The second-order valence-electron chi connectivity index (χ2n) is 11.2. The third-order valence-electron chi connectivity index (χ3n) is 9.77. The summed E-state index contributed by atoms with van der Waals surface area (Å²) in [6, 6.07) is 0. The summed E-state index contributed by atoms with van der Waals surface area (Å²) in [4.78, 5) is 12.3. The molecule has 4 saturated carbocycles. The maximum Gasteiger partial charge on any atom is 0.158 e. The van der Waals surface area contributed by atoms with Crippen LogP contribution in [0.15, 0.2) is 12.2 Å². The number of ether oxygens (including phenoxy) is 1. The van der Waals surface area contributed by atoms with E-state index in [1.54, 1.807) is 0 Å². The number of aliphatic hydroxyl groups excluding tert-OH is 1. The molecule has 4 aliphatic carbocycles. The summed E-state index contributed by atoms with van der Waals surface area (Å²) in [5.41, 5.74) is 1.53. The number of carbonyl (C=O) groups excluding carboxylic acids is 1. The lowest BCUT2D eigenvalue weighted by Crippen LogP contribution is -2.54. The second-order valence-corrected chi connectivity index (χ2v) is 11.2. The highest BCUT2D eigenvalue weighted by Crippen LogP contribution is 2.66. The standard InChI is InChI=1S/C26H42O3/c1-18-17-26(3)19(16-23(18)28)8-9-20-21-10-11-24(25(21,2)13-12-22(20)26)29-15-7-5-4-6-14-27/h19-22,24,27H,1,4-17H2,2-3H3/t19-,20-,21-,22-,24-,25-,26-/m0/s1.